The predicted molar refractivity (Wildman–Crippen MR) is 183 cm³/mol. The van der Waals surface area contributed by atoms with Gasteiger partial charge in [0.2, 0.25) is 11.7 Å². The largest absolute Gasteiger partial charge is 0.471 e. The number of ether oxygens (including phenoxy) is 3. The lowest BCUT2D eigenvalue weighted by atomic mass is 9.96. The van der Waals surface area contributed by atoms with Crippen molar-refractivity contribution >= 4 is 23.9 Å². The van der Waals surface area contributed by atoms with Gasteiger partial charge in [0, 0.05) is 26.6 Å². The molecule has 4 rings (SSSR count). The molecule has 3 atom stereocenters. The number of amides is 3. The van der Waals surface area contributed by atoms with E-state index in [1.165, 1.54) is 17.9 Å². The van der Waals surface area contributed by atoms with E-state index in [1.54, 1.807) is 20.8 Å². The first-order valence-electron chi connectivity index (χ1n) is 16.3. The molecule has 0 radical (unpaired) electrons. The number of nitrogens with one attached hydrogen (secondary N) is 2. The minimum absolute atomic E-state index is 0.156. The lowest BCUT2D eigenvalue weighted by molar-refractivity contribution is -0.154. The maximum absolute atomic E-state index is 14.4. The Morgan fingerprint density at radius 2 is 1.43 bits per heavy atom. The summed E-state index contributed by atoms with van der Waals surface area (Å²) in [4.78, 5) is 55.4. The Bertz CT molecular complexity index is 1540. The van der Waals surface area contributed by atoms with E-state index < -0.39 is 53.8 Å². The lowest BCUT2D eigenvalue weighted by Crippen LogP contribution is -2.63. The smallest absolute Gasteiger partial charge is 0.408 e. The molecule has 11 nitrogen and oxygen atoms in total. The minimum Gasteiger partial charge on any atom is -0.471 e. The van der Waals surface area contributed by atoms with Crippen LogP contribution in [-0.4, -0.2) is 77.4 Å². The van der Waals surface area contributed by atoms with Crippen molar-refractivity contribution in [3.05, 3.63) is 120 Å². The molecule has 0 bridgehead atoms. The fraction of sp³-hybridized carbons (Fsp3) is 0.368. The molecule has 0 aromatic heterocycles. The molecule has 0 spiro atoms. The quantitative estimate of drug-likeness (QED) is 0.226. The molecule has 3 amide bonds. The number of esters is 1. The Labute approximate surface area is 287 Å². The molecular weight excluding hydrogens is 626 g/mol. The fourth-order valence-electron chi connectivity index (χ4n) is 5.43. The molecule has 0 saturated heterocycles. The summed E-state index contributed by atoms with van der Waals surface area (Å²) in [6.07, 6.45) is -0.958. The van der Waals surface area contributed by atoms with Crippen molar-refractivity contribution in [1.82, 2.24) is 15.5 Å². The van der Waals surface area contributed by atoms with Gasteiger partial charge >= 0.3 is 12.1 Å². The predicted octanol–water partition coefficient (Wildman–Crippen LogP) is 4.45. The number of aliphatic hydroxyl groups is 1. The average Bonchev–Trinajstić information content (AvgIpc) is 3.07. The van der Waals surface area contributed by atoms with Crippen LogP contribution >= 0.6 is 0 Å². The molecule has 1 aliphatic heterocycles. The molecule has 11 heteroatoms. The van der Waals surface area contributed by atoms with Gasteiger partial charge in [-0.1, -0.05) is 91.0 Å². The van der Waals surface area contributed by atoms with Crippen molar-refractivity contribution in [2.75, 3.05) is 19.7 Å². The van der Waals surface area contributed by atoms with Crippen LogP contribution in [0.4, 0.5) is 4.79 Å². The first-order valence-corrected chi connectivity index (χ1v) is 16.3. The van der Waals surface area contributed by atoms with Crippen LogP contribution in [0.3, 0.4) is 0 Å². The molecule has 0 unspecified atom stereocenters. The van der Waals surface area contributed by atoms with Crippen molar-refractivity contribution in [1.29, 1.82) is 0 Å². The van der Waals surface area contributed by atoms with Gasteiger partial charge in [-0.15, -0.1) is 0 Å². The highest BCUT2D eigenvalue weighted by Gasteiger charge is 2.45. The fourth-order valence-corrected chi connectivity index (χ4v) is 5.43. The summed E-state index contributed by atoms with van der Waals surface area (Å²) < 4.78 is 17.7. The maximum atomic E-state index is 14.4. The highest BCUT2D eigenvalue weighted by atomic mass is 16.6. The summed E-state index contributed by atoms with van der Waals surface area (Å²) in [6.45, 7) is 6.68. The topological polar surface area (TPSA) is 144 Å². The Hall–Kier alpha value is -5.16. The Kier molecular flexibility index (Phi) is 12.9. The van der Waals surface area contributed by atoms with Gasteiger partial charge in [0.1, 0.15) is 5.60 Å². The van der Waals surface area contributed by atoms with Crippen molar-refractivity contribution in [2.24, 2.45) is 0 Å². The summed E-state index contributed by atoms with van der Waals surface area (Å²) in [5, 5.41) is 15.1. The Balaban J connectivity index is 1.71. The zero-order valence-corrected chi connectivity index (χ0v) is 28.3. The number of hydrogen-bond acceptors (Lipinski definition) is 8. The van der Waals surface area contributed by atoms with Gasteiger partial charge in [0.15, 0.2) is 12.2 Å². The SMILES string of the molecule is CC(=O)N[C@@H]1[C@@H](NC(=O)OC(C)(C)C)C=C(C(=O)OC(c2ccccc2)c2ccccc2)O[C@H]1C(=O)N(CCCO)CCc1ccccc1. The van der Waals surface area contributed by atoms with Crippen molar-refractivity contribution in [3.63, 3.8) is 0 Å². The van der Waals surface area contributed by atoms with E-state index in [-0.39, 0.29) is 31.9 Å². The van der Waals surface area contributed by atoms with Gasteiger partial charge in [0.05, 0.1) is 12.1 Å². The molecule has 3 aromatic carbocycles. The van der Waals surface area contributed by atoms with Gasteiger partial charge in [-0.2, -0.15) is 0 Å². The van der Waals surface area contributed by atoms with Gasteiger partial charge in [-0.3, -0.25) is 9.59 Å². The van der Waals surface area contributed by atoms with Crippen LogP contribution in [0.25, 0.3) is 0 Å². The van der Waals surface area contributed by atoms with Crippen LogP contribution in [0.5, 0.6) is 0 Å². The number of rotatable bonds is 13. The average molecular weight is 672 g/mol. The molecule has 1 aliphatic rings. The number of carbonyl (C=O) groups is 4. The zero-order valence-electron chi connectivity index (χ0n) is 28.3. The second-order valence-corrected chi connectivity index (χ2v) is 12.7. The highest BCUT2D eigenvalue weighted by molar-refractivity contribution is 5.90. The number of carbonyl (C=O) groups excluding carboxylic acids is 4. The molecule has 3 N–H and O–H groups in total. The first kappa shape index (κ1) is 36.7. The molecule has 1 heterocycles. The van der Waals surface area contributed by atoms with Crippen molar-refractivity contribution in [3.8, 4) is 0 Å². The van der Waals surface area contributed by atoms with Crippen LogP contribution in [0, 0.1) is 0 Å². The maximum Gasteiger partial charge on any atom is 0.408 e. The highest BCUT2D eigenvalue weighted by Crippen LogP contribution is 2.29. The van der Waals surface area contributed by atoms with Crippen LogP contribution < -0.4 is 10.6 Å². The third kappa shape index (κ3) is 10.9. The first-order chi connectivity index (χ1) is 23.4. The molecule has 3 aromatic rings. The molecule has 49 heavy (non-hydrogen) atoms. The number of benzene rings is 3. The van der Waals surface area contributed by atoms with Gasteiger partial charge in [-0.05, 0) is 56.4 Å². The van der Waals surface area contributed by atoms with Crippen molar-refractivity contribution < 1.29 is 38.5 Å². The summed E-state index contributed by atoms with van der Waals surface area (Å²) in [7, 11) is 0. The molecule has 0 saturated carbocycles. The van der Waals surface area contributed by atoms with Crippen molar-refractivity contribution in [2.45, 2.75) is 70.4 Å². The standard InChI is InChI=1S/C38H45N3O8/c1-26(43)39-32-30(40-37(46)49-38(2,3)4)25-31(36(45)48-33(28-17-10-6-11-18-28)29-19-12-7-13-20-29)47-34(32)35(44)41(22-14-24-42)23-21-27-15-8-5-9-16-27/h5-13,15-20,25,30,32-34,42H,14,21-24H2,1-4H3,(H,39,43)(H,40,46)/t30-,32+,34+/m0/s1. The Morgan fingerprint density at radius 3 is 1.96 bits per heavy atom. The van der Waals surface area contributed by atoms with E-state index in [0.717, 1.165) is 5.56 Å². The van der Waals surface area contributed by atoms with E-state index in [1.807, 2.05) is 91.0 Å². The minimum atomic E-state index is -1.45. The summed E-state index contributed by atoms with van der Waals surface area (Å²) in [5.41, 5.74) is 1.56. The van der Waals surface area contributed by atoms with Gasteiger partial charge in [0.25, 0.3) is 5.91 Å². The number of alkyl carbamates (subject to hydrolysis) is 1. The van der Waals surface area contributed by atoms with Crippen LogP contribution in [0.15, 0.2) is 103 Å². The molecule has 0 fully saturated rings. The number of hydrogen-bond donors (Lipinski definition) is 3. The van der Waals surface area contributed by atoms with Crippen LogP contribution in [-0.2, 0) is 35.0 Å². The number of aliphatic hydroxyl groups excluding tert-OH is 1. The summed E-state index contributed by atoms with van der Waals surface area (Å²) >= 11 is 0. The second-order valence-electron chi connectivity index (χ2n) is 12.7. The zero-order chi connectivity index (χ0) is 35.4. The van der Waals surface area contributed by atoms with Crippen LogP contribution in [0.1, 0.15) is 56.9 Å². The monoisotopic (exact) mass is 671 g/mol. The van der Waals surface area contributed by atoms with Gasteiger partial charge < -0.3 is 34.9 Å². The summed E-state index contributed by atoms with van der Waals surface area (Å²) in [5.74, 6) is -2.22. The van der Waals surface area contributed by atoms with E-state index in [0.29, 0.717) is 17.5 Å². The van der Waals surface area contributed by atoms with E-state index in [4.69, 9.17) is 14.2 Å². The number of nitrogens with zero attached hydrogens (tertiary/aromatic N) is 1. The molecule has 260 valence electrons. The summed E-state index contributed by atoms with van der Waals surface area (Å²) in [6, 6.07) is 25.7. The third-order valence-corrected chi connectivity index (χ3v) is 7.64. The second kappa shape index (κ2) is 17.3. The van der Waals surface area contributed by atoms with Gasteiger partial charge in [-0.25, -0.2) is 9.59 Å². The van der Waals surface area contributed by atoms with Crippen LogP contribution in [0.2, 0.25) is 0 Å². The lowest BCUT2D eigenvalue weighted by Gasteiger charge is -2.39. The third-order valence-electron chi connectivity index (χ3n) is 7.64. The normalized spacial score (nSPS) is 17.3. The molecular formula is C38H45N3O8. The van der Waals surface area contributed by atoms with E-state index >= 15 is 0 Å². The Morgan fingerprint density at radius 1 is 0.857 bits per heavy atom. The molecule has 0 aliphatic carbocycles. The van der Waals surface area contributed by atoms with E-state index in [9.17, 15) is 24.3 Å². The van der Waals surface area contributed by atoms with E-state index in [2.05, 4.69) is 10.6 Å².